The predicted octanol–water partition coefficient (Wildman–Crippen LogP) is 4.89. The second-order valence-corrected chi connectivity index (χ2v) is 5.88. The van der Waals surface area contributed by atoms with Crippen molar-refractivity contribution in [2.75, 3.05) is 13.1 Å². The lowest BCUT2D eigenvalue weighted by Gasteiger charge is -2.35. The van der Waals surface area contributed by atoms with Crippen LogP contribution < -0.4 is 10.1 Å². The molecule has 2 nitrogen and oxygen atoms in total. The van der Waals surface area contributed by atoms with Gasteiger partial charge in [-0.05, 0) is 29.8 Å². The molecule has 1 saturated heterocycles. The van der Waals surface area contributed by atoms with E-state index in [2.05, 4.69) is 5.32 Å². The van der Waals surface area contributed by atoms with Crippen molar-refractivity contribution in [3.05, 3.63) is 63.9 Å². The monoisotopic (exact) mass is 361 g/mol. The van der Waals surface area contributed by atoms with E-state index in [1.165, 1.54) is 6.07 Å². The quantitative estimate of drug-likeness (QED) is 0.836. The summed E-state index contributed by atoms with van der Waals surface area (Å²) in [7, 11) is 0. The van der Waals surface area contributed by atoms with E-state index in [-0.39, 0.29) is 29.5 Å². The fraction of sp³-hybridized carbons (Fsp3) is 0.250. The Morgan fingerprint density at radius 1 is 1.09 bits per heavy atom. The van der Waals surface area contributed by atoms with Gasteiger partial charge in [-0.1, -0.05) is 41.4 Å². The highest BCUT2D eigenvalue weighted by molar-refractivity contribution is 6.32. The SMILES string of the molecule is Cl.Fc1cc(C(Oc2ccccc2Cl)C2CNC2)ccc1Cl. The highest BCUT2D eigenvalue weighted by Crippen LogP contribution is 2.35. The number of hydrogen-bond acceptors (Lipinski definition) is 2. The number of benzene rings is 2. The van der Waals surface area contributed by atoms with Crippen molar-refractivity contribution in [1.82, 2.24) is 5.32 Å². The van der Waals surface area contributed by atoms with Gasteiger partial charge in [0.05, 0.1) is 10.0 Å². The van der Waals surface area contributed by atoms with E-state index in [0.29, 0.717) is 10.8 Å². The number of ether oxygens (including phenoxy) is 1. The Balaban J connectivity index is 0.00000176. The van der Waals surface area contributed by atoms with Crippen molar-refractivity contribution in [3.8, 4) is 5.75 Å². The molecule has 0 bridgehead atoms. The van der Waals surface area contributed by atoms with Crippen molar-refractivity contribution in [2.24, 2.45) is 5.92 Å². The van der Waals surface area contributed by atoms with Crippen LogP contribution in [0.25, 0.3) is 0 Å². The molecule has 2 aromatic carbocycles. The minimum atomic E-state index is -0.436. The Hall–Kier alpha value is -1.000. The van der Waals surface area contributed by atoms with Gasteiger partial charge in [0, 0.05) is 19.0 Å². The molecule has 1 aliphatic heterocycles. The number of para-hydroxylation sites is 1. The van der Waals surface area contributed by atoms with E-state index < -0.39 is 5.82 Å². The average molecular weight is 363 g/mol. The molecule has 3 rings (SSSR count). The van der Waals surface area contributed by atoms with Crippen LogP contribution in [0.4, 0.5) is 4.39 Å². The Morgan fingerprint density at radius 3 is 2.41 bits per heavy atom. The molecule has 1 N–H and O–H groups in total. The summed E-state index contributed by atoms with van der Waals surface area (Å²) in [4.78, 5) is 0. The van der Waals surface area contributed by atoms with Crippen LogP contribution in [-0.2, 0) is 0 Å². The lowest BCUT2D eigenvalue weighted by Crippen LogP contribution is -2.46. The maximum atomic E-state index is 13.7. The fourth-order valence-electron chi connectivity index (χ4n) is 2.33. The van der Waals surface area contributed by atoms with Crippen molar-refractivity contribution in [3.63, 3.8) is 0 Å². The first-order valence-electron chi connectivity index (χ1n) is 6.72. The van der Waals surface area contributed by atoms with E-state index in [4.69, 9.17) is 27.9 Å². The molecule has 1 fully saturated rings. The van der Waals surface area contributed by atoms with E-state index in [1.54, 1.807) is 18.2 Å². The zero-order chi connectivity index (χ0) is 14.8. The minimum absolute atomic E-state index is 0. The van der Waals surface area contributed by atoms with E-state index in [0.717, 1.165) is 18.7 Å². The fourth-order valence-corrected chi connectivity index (χ4v) is 2.63. The number of nitrogens with one attached hydrogen (secondary N) is 1. The van der Waals surface area contributed by atoms with Crippen molar-refractivity contribution < 1.29 is 9.13 Å². The summed E-state index contributed by atoms with van der Waals surface area (Å²) < 4.78 is 19.8. The van der Waals surface area contributed by atoms with Gasteiger partial charge in [-0.15, -0.1) is 12.4 Å². The maximum absolute atomic E-state index is 13.7. The molecule has 0 aromatic heterocycles. The topological polar surface area (TPSA) is 21.3 Å². The molecule has 1 heterocycles. The minimum Gasteiger partial charge on any atom is -0.484 e. The summed E-state index contributed by atoms with van der Waals surface area (Å²) in [6.45, 7) is 1.67. The van der Waals surface area contributed by atoms with Crippen LogP contribution in [0, 0.1) is 11.7 Å². The van der Waals surface area contributed by atoms with Crippen molar-refractivity contribution in [2.45, 2.75) is 6.10 Å². The molecular formula is C16H15Cl3FNO. The summed E-state index contributed by atoms with van der Waals surface area (Å²) in [6, 6.07) is 12.1. The highest BCUT2D eigenvalue weighted by Gasteiger charge is 2.31. The third-order valence-corrected chi connectivity index (χ3v) is 4.22. The molecule has 2 aromatic rings. The Morgan fingerprint density at radius 2 is 1.82 bits per heavy atom. The average Bonchev–Trinajstić information content (AvgIpc) is 2.41. The maximum Gasteiger partial charge on any atom is 0.142 e. The number of hydrogen-bond donors (Lipinski definition) is 1. The second-order valence-electron chi connectivity index (χ2n) is 5.06. The van der Waals surface area contributed by atoms with Crippen molar-refractivity contribution >= 4 is 35.6 Å². The first kappa shape index (κ1) is 17.4. The summed E-state index contributed by atoms with van der Waals surface area (Å²) >= 11 is 11.9. The van der Waals surface area contributed by atoms with Gasteiger partial charge >= 0.3 is 0 Å². The Labute approximate surface area is 145 Å². The smallest absolute Gasteiger partial charge is 0.142 e. The summed E-state index contributed by atoms with van der Waals surface area (Å²) in [5.74, 6) is 0.447. The van der Waals surface area contributed by atoms with Crippen LogP contribution in [-0.4, -0.2) is 13.1 Å². The molecule has 1 unspecified atom stereocenters. The highest BCUT2D eigenvalue weighted by atomic mass is 35.5. The normalized spacial score (nSPS) is 15.6. The van der Waals surface area contributed by atoms with E-state index >= 15 is 0 Å². The molecule has 0 saturated carbocycles. The first-order valence-corrected chi connectivity index (χ1v) is 7.47. The third-order valence-electron chi connectivity index (χ3n) is 3.60. The molecule has 118 valence electrons. The molecule has 0 radical (unpaired) electrons. The van der Waals surface area contributed by atoms with Gasteiger partial charge in [-0.3, -0.25) is 0 Å². The molecule has 22 heavy (non-hydrogen) atoms. The second kappa shape index (κ2) is 7.51. The van der Waals surface area contributed by atoms with Crippen LogP contribution in [0.2, 0.25) is 10.0 Å². The van der Waals surface area contributed by atoms with Gasteiger partial charge in [0.1, 0.15) is 17.7 Å². The van der Waals surface area contributed by atoms with Crippen LogP contribution in [0.15, 0.2) is 42.5 Å². The third kappa shape index (κ3) is 3.66. The van der Waals surface area contributed by atoms with Crippen LogP contribution in [0.3, 0.4) is 0 Å². The number of rotatable bonds is 4. The zero-order valence-electron chi connectivity index (χ0n) is 11.6. The zero-order valence-corrected chi connectivity index (χ0v) is 13.9. The van der Waals surface area contributed by atoms with Crippen LogP contribution in [0.1, 0.15) is 11.7 Å². The van der Waals surface area contributed by atoms with E-state index in [9.17, 15) is 4.39 Å². The van der Waals surface area contributed by atoms with Gasteiger partial charge in [0.25, 0.3) is 0 Å². The van der Waals surface area contributed by atoms with E-state index in [1.807, 2.05) is 18.2 Å². The van der Waals surface area contributed by atoms with Gasteiger partial charge < -0.3 is 10.1 Å². The molecule has 1 atom stereocenters. The van der Waals surface area contributed by atoms with Crippen LogP contribution in [0.5, 0.6) is 5.75 Å². The van der Waals surface area contributed by atoms with Gasteiger partial charge in [0.2, 0.25) is 0 Å². The molecule has 0 amide bonds. The Bertz CT molecular complexity index is 649. The largest absolute Gasteiger partial charge is 0.484 e. The van der Waals surface area contributed by atoms with Gasteiger partial charge in [-0.25, -0.2) is 4.39 Å². The predicted molar refractivity (Wildman–Crippen MR) is 89.8 cm³/mol. The molecular weight excluding hydrogens is 348 g/mol. The van der Waals surface area contributed by atoms with Gasteiger partial charge in [0.15, 0.2) is 0 Å². The standard InChI is InChI=1S/C16H14Cl2FNO.ClH/c17-12-6-5-10(7-14(12)19)16(11-8-20-9-11)21-15-4-2-1-3-13(15)18;/h1-7,11,16,20H,8-9H2;1H. The lowest BCUT2D eigenvalue weighted by molar-refractivity contribution is 0.0991. The molecule has 6 heteroatoms. The molecule has 1 aliphatic rings. The molecule has 0 spiro atoms. The lowest BCUT2D eigenvalue weighted by atomic mass is 9.90. The Kier molecular flexibility index (Phi) is 5.93. The first-order chi connectivity index (χ1) is 10.1. The summed E-state index contributed by atoms with van der Waals surface area (Å²) in [6.07, 6.45) is -0.252. The summed E-state index contributed by atoms with van der Waals surface area (Å²) in [5.41, 5.74) is 0.767. The molecule has 0 aliphatic carbocycles. The van der Waals surface area contributed by atoms with Gasteiger partial charge in [-0.2, -0.15) is 0 Å². The van der Waals surface area contributed by atoms with Crippen molar-refractivity contribution in [1.29, 1.82) is 0 Å². The number of halogens is 4. The summed E-state index contributed by atoms with van der Waals surface area (Å²) in [5, 5.41) is 3.86. The van der Waals surface area contributed by atoms with Crippen LogP contribution >= 0.6 is 35.6 Å².